The van der Waals surface area contributed by atoms with Crippen LogP contribution >= 0.6 is 11.6 Å². The number of amides is 2. The van der Waals surface area contributed by atoms with Crippen LogP contribution in [0.25, 0.3) is 0 Å². The molecule has 21 heavy (non-hydrogen) atoms. The summed E-state index contributed by atoms with van der Waals surface area (Å²) in [5.74, 6) is -0.147. The van der Waals surface area contributed by atoms with Gasteiger partial charge >= 0.3 is 0 Å². The van der Waals surface area contributed by atoms with Gasteiger partial charge < -0.3 is 0 Å². The van der Waals surface area contributed by atoms with E-state index in [0.717, 1.165) is 24.8 Å². The number of hydrogen-bond acceptors (Lipinski definition) is 2. The van der Waals surface area contributed by atoms with Crippen molar-refractivity contribution in [3.8, 4) is 0 Å². The molecule has 1 aliphatic heterocycles. The molecular weight excluding hydrogens is 286 g/mol. The summed E-state index contributed by atoms with van der Waals surface area (Å²) in [5.41, 5.74) is 0.740. The van der Waals surface area contributed by atoms with Crippen molar-refractivity contribution in [1.82, 2.24) is 5.32 Å². The summed E-state index contributed by atoms with van der Waals surface area (Å²) in [6, 6.07) is 7.49. The molecule has 3 nitrogen and oxygen atoms in total. The van der Waals surface area contributed by atoms with Crippen molar-refractivity contribution in [1.29, 1.82) is 0 Å². The highest BCUT2D eigenvalue weighted by molar-refractivity contribution is 6.30. The van der Waals surface area contributed by atoms with Crippen molar-refractivity contribution in [2.45, 2.75) is 44.9 Å². The van der Waals surface area contributed by atoms with Gasteiger partial charge in [0.1, 0.15) is 0 Å². The molecule has 1 aromatic rings. The van der Waals surface area contributed by atoms with E-state index in [2.05, 4.69) is 12.2 Å². The van der Waals surface area contributed by atoms with Gasteiger partial charge in [-0.25, -0.2) is 0 Å². The fraction of sp³-hybridized carbons (Fsp3) is 0.529. The van der Waals surface area contributed by atoms with Crippen LogP contribution in [-0.2, 0) is 9.59 Å². The van der Waals surface area contributed by atoms with Gasteiger partial charge in [0.25, 0.3) is 0 Å². The summed E-state index contributed by atoms with van der Waals surface area (Å²) in [6.07, 6.45) is 4.76. The summed E-state index contributed by atoms with van der Waals surface area (Å²) in [4.78, 5) is 24.5. The molecule has 0 aromatic heterocycles. The number of hydrogen-bond donors (Lipinski definition) is 1. The molecule has 1 aromatic carbocycles. The number of carbonyl (C=O) groups is 2. The monoisotopic (exact) mass is 305 g/mol. The van der Waals surface area contributed by atoms with E-state index in [-0.39, 0.29) is 23.1 Å². The Morgan fingerprint density at radius 2 is 1.90 bits per heavy atom. The smallest absolute Gasteiger partial charge is 0.234 e. The van der Waals surface area contributed by atoms with Crippen molar-refractivity contribution in [3.05, 3.63) is 34.9 Å². The molecule has 3 rings (SSSR count). The quantitative estimate of drug-likeness (QED) is 0.805. The van der Waals surface area contributed by atoms with Crippen LogP contribution in [0.1, 0.15) is 50.5 Å². The largest absolute Gasteiger partial charge is 0.296 e. The Labute approximate surface area is 130 Å². The molecule has 1 N–H and O–H groups in total. The van der Waals surface area contributed by atoms with Gasteiger partial charge in [-0.05, 0) is 35.4 Å². The van der Waals surface area contributed by atoms with Crippen LogP contribution in [-0.4, -0.2) is 11.8 Å². The molecule has 112 valence electrons. The highest BCUT2D eigenvalue weighted by atomic mass is 35.5. The zero-order valence-electron chi connectivity index (χ0n) is 12.2. The lowest BCUT2D eigenvalue weighted by Crippen LogP contribution is -2.54. The van der Waals surface area contributed by atoms with Gasteiger partial charge in [-0.2, -0.15) is 0 Å². The van der Waals surface area contributed by atoms with Crippen molar-refractivity contribution in [2.75, 3.05) is 0 Å². The molecule has 1 aliphatic carbocycles. The van der Waals surface area contributed by atoms with E-state index >= 15 is 0 Å². The predicted molar refractivity (Wildman–Crippen MR) is 82.0 cm³/mol. The molecule has 3 unspecified atom stereocenters. The fourth-order valence-corrected chi connectivity index (χ4v) is 4.31. The molecular formula is C17H20ClNO2. The molecule has 1 saturated carbocycles. The molecule has 3 atom stereocenters. The van der Waals surface area contributed by atoms with Gasteiger partial charge in [0.2, 0.25) is 11.8 Å². The molecule has 1 spiro atoms. The maximum absolute atomic E-state index is 12.5. The lowest BCUT2D eigenvalue weighted by atomic mass is 9.55. The van der Waals surface area contributed by atoms with Gasteiger partial charge in [0.15, 0.2) is 0 Å². The first-order chi connectivity index (χ1) is 10.0. The van der Waals surface area contributed by atoms with E-state index < -0.39 is 0 Å². The zero-order chi connectivity index (χ0) is 15.0. The number of halogens is 1. The number of rotatable bonds is 1. The minimum atomic E-state index is -0.247. The standard InChI is InChI=1S/C17H20ClNO2/c1-11-4-2-3-9-17(11)10-14(20)19-16(21)15(17)12-5-7-13(18)8-6-12/h5-8,11,15H,2-4,9-10H2,1H3,(H,19,20,21). The van der Waals surface area contributed by atoms with Crippen molar-refractivity contribution in [3.63, 3.8) is 0 Å². The second-order valence-corrected chi connectivity index (χ2v) is 6.89. The minimum absolute atomic E-state index is 0.126. The van der Waals surface area contributed by atoms with Crippen LogP contribution in [0.3, 0.4) is 0 Å². The van der Waals surface area contributed by atoms with Crippen molar-refractivity contribution < 1.29 is 9.59 Å². The first-order valence-electron chi connectivity index (χ1n) is 7.62. The summed E-state index contributed by atoms with van der Waals surface area (Å²) in [5, 5.41) is 3.19. The molecule has 0 bridgehead atoms. The van der Waals surface area contributed by atoms with Gasteiger partial charge in [-0.3, -0.25) is 14.9 Å². The number of nitrogens with one attached hydrogen (secondary N) is 1. The third-order valence-corrected chi connectivity index (χ3v) is 5.56. The number of benzene rings is 1. The summed E-state index contributed by atoms with van der Waals surface area (Å²) in [7, 11) is 0. The van der Waals surface area contributed by atoms with Gasteiger partial charge in [-0.15, -0.1) is 0 Å². The topological polar surface area (TPSA) is 46.2 Å². The average Bonchev–Trinajstić information content (AvgIpc) is 2.43. The lowest BCUT2D eigenvalue weighted by molar-refractivity contribution is -0.143. The number of imide groups is 1. The summed E-state index contributed by atoms with van der Waals surface area (Å²) >= 11 is 5.96. The van der Waals surface area contributed by atoms with E-state index in [1.807, 2.05) is 24.3 Å². The number of piperidine rings is 1. The maximum Gasteiger partial charge on any atom is 0.234 e. The molecule has 0 radical (unpaired) electrons. The van der Waals surface area contributed by atoms with Crippen LogP contribution in [0.4, 0.5) is 0 Å². The molecule has 2 amide bonds. The Balaban J connectivity index is 2.06. The summed E-state index contributed by atoms with van der Waals surface area (Å²) < 4.78 is 0. The molecule has 1 saturated heterocycles. The summed E-state index contributed by atoms with van der Waals surface area (Å²) in [6.45, 7) is 2.19. The zero-order valence-corrected chi connectivity index (χ0v) is 13.0. The Hall–Kier alpha value is -1.35. The minimum Gasteiger partial charge on any atom is -0.296 e. The maximum atomic E-state index is 12.5. The molecule has 2 fully saturated rings. The van der Waals surface area contributed by atoms with Gasteiger partial charge in [0.05, 0.1) is 5.92 Å². The van der Waals surface area contributed by atoms with Crippen LogP contribution in [0.15, 0.2) is 24.3 Å². The van der Waals surface area contributed by atoms with Crippen LogP contribution in [0.2, 0.25) is 5.02 Å². The number of carbonyl (C=O) groups excluding carboxylic acids is 2. The molecule has 2 aliphatic rings. The normalized spacial score (nSPS) is 33.0. The lowest BCUT2D eigenvalue weighted by Gasteiger charge is -2.49. The van der Waals surface area contributed by atoms with Crippen LogP contribution in [0, 0.1) is 11.3 Å². The van der Waals surface area contributed by atoms with Crippen LogP contribution in [0.5, 0.6) is 0 Å². The Morgan fingerprint density at radius 1 is 1.19 bits per heavy atom. The second kappa shape index (κ2) is 5.45. The Kier molecular flexibility index (Phi) is 3.78. The van der Waals surface area contributed by atoms with Gasteiger partial charge in [-0.1, -0.05) is 49.9 Å². The third-order valence-electron chi connectivity index (χ3n) is 5.30. The van der Waals surface area contributed by atoms with Crippen molar-refractivity contribution in [2.24, 2.45) is 11.3 Å². The molecule has 4 heteroatoms. The Morgan fingerprint density at radius 3 is 2.57 bits per heavy atom. The van der Waals surface area contributed by atoms with Crippen LogP contribution < -0.4 is 5.32 Å². The fourth-order valence-electron chi connectivity index (χ4n) is 4.18. The highest BCUT2D eigenvalue weighted by Crippen LogP contribution is 2.54. The third kappa shape index (κ3) is 2.48. The van der Waals surface area contributed by atoms with E-state index in [1.165, 1.54) is 6.42 Å². The average molecular weight is 306 g/mol. The first-order valence-corrected chi connectivity index (χ1v) is 8.00. The first kappa shape index (κ1) is 14.6. The SMILES string of the molecule is CC1CCCCC12CC(=O)NC(=O)C2c1ccc(Cl)cc1. The van der Waals surface area contributed by atoms with E-state index in [9.17, 15) is 9.59 Å². The van der Waals surface area contributed by atoms with E-state index in [4.69, 9.17) is 11.6 Å². The second-order valence-electron chi connectivity index (χ2n) is 6.45. The van der Waals surface area contributed by atoms with Crippen molar-refractivity contribution >= 4 is 23.4 Å². The van der Waals surface area contributed by atoms with Gasteiger partial charge in [0, 0.05) is 11.4 Å². The predicted octanol–water partition coefficient (Wildman–Crippen LogP) is 3.67. The van der Waals surface area contributed by atoms with E-state index in [1.54, 1.807) is 0 Å². The molecule has 1 heterocycles. The van der Waals surface area contributed by atoms with E-state index in [0.29, 0.717) is 17.4 Å². The highest BCUT2D eigenvalue weighted by Gasteiger charge is 2.52. The Bertz CT molecular complexity index is 569.